The van der Waals surface area contributed by atoms with Gasteiger partial charge in [-0.25, -0.2) is 4.98 Å². The Labute approximate surface area is 168 Å². The van der Waals surface area contributed by atoms with Gasteiger partial charge in [0.1, 0.15) is 5.82 Å². The normalized spacial score (nSPS) is 14.2. The summed E-state index contributed by atoms with van der Waals surface area (Å²) in [7, 11) is 0. The molecule has 0 unspecified atom stereocenters. The number of nitrogens with zero attached hydrogens (tertiary/aromatic N) is 5. The van der Waals surface area contributed by atoms with E-state index in [-0.39, 0.29) is 17.4 Å². The summed E-state index contributed by atoms with van der Waals surface area (Å²) in [6.07, 6.45) is 9.95. The van der Waals surface area contributed by atoms with Crippen LogP contribution in [0.4, 0.5) is 5.82 Å². The summed E-state index contributed by atoms with van der Waals surface area (Å²) in [6.45, 7) is 7.33. The number of amides is 1. The number of H-pyrrole nitrogens is 1. The lowest BCUT2D eigenvalue weighted by atomic mass is 10.1. The Bertz CT molecular complexity index is 1110. The summed E-state index contributed by atoms with van der Waals surface area (Å²) in [6, 6.07) is 0. The number of rotatable bonds is 7. The first-order valence-corrected chi connectivity index (χ1v) is 9.34. The van der Waals surface area contributed by atoms with E-state index in [4.69, 9.17) is 6.42 Å². The van der Waals surface area contributed by atoms with Crippen LogP contribution in [0.15, 0.2) is 27.2 Å². The van der Waals surface area contributed by atoms with Crippen molar-refractivity contribution in [3.8, 4) is 18.3 Å². The summed E-state index contributed by atoms with van der Waals surface area (Å²) in [5, 5.41) is 15.2. The molecular formula is C20H23N7O2. The maximum absolute atomic E-state index is 12.5. The third kappa shape index (κ3) is 4.16. The highest BCUT2D eigenvalue weighted by Crippen LogP contribution is 2.34. The third-order valence-electron chi connectivity index (χ3n) is 4.86. The number of hydrogen-bond donors (Lipinski definition) is 2. The van der Waals surface area contributed by atoms with Crippen molar-refractivity contribution in [1.82, 2.24) is 19.7 Å². The van der Waals surface area contributed by atoms with Gasteiger partial charge in [-0.15, -0.1) is 12.3 Å². The predicted molar refractivity (Wildman–Crippen MR) is 109 cm³/mol. The molecule has 1 amide bonds. The second kappa shape index (κ2) is 7.83. The number of aromatic nitrogens is 4. The van der Waals surface area contributed by atoms with Crippen LogP contribution in [0.25, 0.3) is 5.95 Å². The standard InChI is InChI=1S/C20H23N7O2/c1-6-8-10-20(25-26-20)11-9-16(28)22-17-12(3)13(4)24-27(17)19-21-14(5)15(7-2)18(29)23-19/h1,9,11H,7-8,10H2,2-5H3,(H,22,28)(H,21,23,29)/b11-9+. The van der Waals surface area contributed by atoms with E-state index in [9.17, 15) is 9.59 Å². The summed E-state index contributed by atoms with van der Waals surface area (Å²) >= 11 is 0. The average Bonchev–Trinajstić information content (AvgIpc) is 3.41. The van der Waals surface area contributed by atoms with Gasteiger partial charge in [-0.3, -0.25) is 14.6 Å². The molecule has 0 aromatic carbocycles. The van der Waals surface area contributed by atoms with E-state index in [0.29, 0.717) is 42.0 Å². The fourth-order valence-corrected chi connectivity index (χ4v) is 2.96. The minimum atomic E-state index is -0.686. The van der Waals surface area contributed by atoms with Crippen molar-refractivity contribution in [1.29, 1.82) is 0 Å². The Morgan fingerprint density at radius 3 is 2.62 bits per heavy atom. The smallest absolute Gasteiger partial charge is 0.255 e. The van der Waals surface area contributed by atoms with Gasteiger partial charge in [0.25, 0.3) is 5.56 Å². The molecule has 150 valence electrons. The van der Waals surface area contributed by atoms with Crippen LogP contribution >= 0.6 is 0 Å². The van der Waals surface area contributed by atoms with Crippen molar-refractivity contribution in [2.24, 2.45) is 10.2 Å². The Kier molecular flexibility index (Phi) is 5.46. The highest BCUT2D eigenvalue weighted by Gasteiger charge is 2.36. The number of hydrogen-bond acceptors (Lipinski definition) is 6. The molecule has 9 heteroatoms. The van der Waals surface area contributed by atoms with Crippen LogP contribution in [0.5, 0.6) is 0 Å². The van der Waals surface area contributed by atoms with E-state index in [2.05, 4.69) is 36.5 Å². The fraction of sp³-hybridized carbons (Fsp3) is 0.400. The molecule has 2 aromatic heterocycles. The van der Waals surface area contributed by atoms with Gasteiger partial charge in [0.05, 0.1) is 5.69 Å². The van der Waals surface area contributed by atoms with Crippen LogP contribution in [0.3, 0.4) is 0 Å². The van der Waals surface area contributed by atoms with Crippen LogP contribution in [0.1, 0.15) is 42.3 Å². The minimum absolute atomic E-state index is 0.217. The van der Waals surface area contributed by atoms with E-state index in [1.165, 1.54) is 10.8 Å². The Hall–Kier alpha value is -3.54. The number of anilines is 1. The largest absolute Gasteiger partial charge is 0.307 e. The SMILES string of the molecule is C#CCCC1(/C=C/C(=O)Nc2c(C)c(C)nn2-c2nc(C)c(CC)c(=O)[nH]2)N=N1. The maximum Gasteiger partial charge on any atom is 0.255 e. The highest BCUT2D eigenvalue weighted by molar-refractivity contribution is 5.99. The molecule has 0 aliphatic carbocycles. The molecule has 0 atom stereocenters. The van der Waals surface area contributed by atoms with E-state index in [1.807, 2.05) is 20.8 Å². The maximum atomic E-state index is 12.5. The number of terminal acetylenes is 1. The Balaban J connectivity index is 1.87. The third-order valence-corrected chi connectivity index (χ3v) is 4.86. The highest BCUT2D eigenvalue weighted by atomic mass is 16.1. The van der Waals surface area contributed by atoms with Gasteiger partial charge in [-0.2, -0.15) is 20.0 Å². The van der Waals surface area contributed by atoms with Crippen molar-refractivity contribution in [3.63, 3.8) is 0 Å². The topological polar surface area (TPSA) is 117 Å². The van der Waals surface area contributed by atoms with Gasteiger partial charge in [0.2, 0.25) is 17.5 Å². The van der Waals surface area contributed by atoms with Crippen molar-refractivity contribution < 1.29 is 4.79 Å². The van der Waals surface area contributed by atoms with Crippen molar-refractivity contribution >= 4 is 11.7 Å². The molecule has 0 spiro atoms. The quantitative estimate of drug-likeness (QED) is 0.555. The Morgan fingerprint density at radius 2 is 2.03 bits per heavy atom. The van der Waals surface area contributed by atoms with Crippen LogP contribution in [-0.2, 0) is 11.2 Å². The van der Waals surface area contributed by atoms with Gasteiger partial charge < -0.3 is 5.32 Å². The van der Waals surface area contributed by atoms with E-state index < -0.39 is 5.66 Å². The molecule has 2 N–H and O–H groups in total. The predicted octanol–water partition coefficient (Wildman–Crippen LogP) is 2.51. The molecule has 0 fully saturated rings. The minimum Gasteiger partial charge on any atom is -0.307 e. The van der Waals surface area contributed by atoms with Crippen molar-refractivity contribution in [2.45, 2.75) is 52.6 Å². The molecular weight excluding hydrogens is 370 g/mol. The molecule has 0 saturated carbocycles. The zero-order valence-electron chi connectivity index (χ0n) is 16.9. The summed E-state index contributed by atoms with van der Waals surface area (Å²) in [5.41, 5.74) is 1.83. The molecule has 0 bridgehead atoms. The van der Waals surface area contributed by atoms with Gasteiger partial charge >= 0.3 is 0 Å². The van der Waals surface area contributed by atoms with E-state index in [1.54, 1.807) is 13.0 Å². The Morgan fingerprint density at radius 1 is 1.31 bits per heavy atom. The second-order valence-corrected chi connectivity index (χ2v) is 6.88. The van der Waals surface area contributed by atoms with E-state index >= 15 is 0 Å². The van der Waals surface area contributed by atoms with Gasteiger partial charge in [-0.05, 0) is 33.3 Å². The lowest BCUT2D eigenvalue weighted by Gasteiger charge is -2.10. The second-order valence-electron chi connectivity index (χ2n) is 6.88. The zero-order chi connectivity index (χ0) is 21.2. The summed E-state index contributed by atoms with van der Waals surface area (Å²) in [4.78, 5) is 32.0. The molecule has 0 saturated heterocycles. The number of carbonyl (C=O) groups is 1. The van der Waals surface area contributed by atoms with Gasteiger partial charge in [0, 0.05) is 35.7 Å². The number of nitrogens with one attached hydrogen (secondary N) is 2. The summed E-state index contributed by atoms with van der Waals surface area (Å²) < 4.78 is 1.43. The van der Waals surface area contributed by atoms with E-state index in [0.717, 1.165) is 5.56 Å². The van der Waals surface area contributed by atoms with Crippen LogP contribution in [0, 0.1) is 33.1 Å². The van der Waals surface area contributed by atoms with Crippen LogP contribution in [-0.4, -0.2) is 31.3 Å². The molecule has 29 heavy (non-hydrogen) atoms. The first-order valence-electron chi connectivity index (χ1n) is 9.34. The molecule has 0 radical (unpaired) electrons. The van der Waals surface area contributed by atoms with Gasteiger partial charge in [-0.1, -0.05) is 6.92 Å². The number of aromatic amines is 1. The lowest BCUT2D eigenvalue weighted by Crippen LogP contribution is -2.21. The van der Waals surface area contributed by atoms with Crippen molar-refractivity contribution in [2.75, 3.05) is 5.32 Å². The average molecular weight is 393 g/mol. The molecule has 9 nitrogen and oxygen atoms in total. The van der Waals surface area contributed by atoms with Gasteiger partial charge in [0.15, 0.2) is 0 Å². The van der Waals surface area contributed by atoms with Crippen LogP contribution < -0.4 is 10.9 Å². The molecule has 1 aliphatic rings. The summed E-state index contributed by atoms with van der Waals surface area (Å²) in [5.74, 6) is 2.86. The lowest BCUT2D eigenvalue weighted by molar-refractivity contribution is -0.112. The number of carbonyl (C=O) groups excluding carboxylic acids is 1. The fourth-order valence-electron chi connectivity index (χ4n) is 2.96. The monoisotopic (exact) mass is 393 g/mol. The number of aryl methyl sites for hydroxylation is 2. The first kappa shape index (κ1) is 20.2. The zero-order valence-corrected chi connectivity index (χ0v) is 16.9. The molecule has 2 aromatic rings. The van der Waals surface area contributed by atoms with Crippen molar-refractivity contribution in [3.05, 3.63) is 45.0 Å². The molecule has 1 aliphatic heterocycles. The van der Waals surface area contributed by atoms with Crippen LogP contribution in [0.2, 0.25) is 0 Å². The molecule has 3 rings (SSSR count). The molecule has 3 heterocycles. The first-order chi connectivity index (χ1) is 13.8.